The van der Waals surface area contributed by atoms with E-state index in [-0.39, 0.29) is 6.42 Å². The summed E-state index contributed by atoms with van der Waals surface area (Å²) in [6.07, 6.45) is 0.536. The lowest BCUT2D eigenvalue weighted by Crippen LogP contribution is -1.98. The van der Waals surface area contributed by atoms with Gasteiger partial charge in [0.25, 0.3) is 0 Å². The van der Waals surface area contributed by atoms with Crippen LogP contribution in [0.5, 0.6) is 5.75 Å². The van der Waals surface area contributed by atoms with Gasteiger partial charge in [0, 0.05) is 11.4 Å². The summed E-state index contributed by atoms with van der Waals surface area (Å²) >= 11 is 5.98. The fourth-order valence-electron chi connectivity index (χ4n) is 1.23. The Morgan fingerprint density at radius 3 is 2.80 bits per heavy atom. The minimum atomic E-state index is -0.819. The highest BCUT2D eigenvalue weighted by molar-refractivity contribution is 6.31. The van der Waals surface area contributed by atoms with E-state index in [1.807, 2.05) is 6.92 Å². The maximum absolute atomic E-state index is 10.4. The molecule has 1 rings (SSSR count). The Bertz CT molecular complexity index is 350. The molecule has 0 aliphatic carbocycles. The average molecular weight is 229 g/mol. The quantitative estimate of drug-likeness (QED) is 0.843. The zero-order chi connectivity index (χ0) is 11.3. The molecule has 0 unspecified atom stereocenters. The number of hydrogen-bond acceptors (Lipinski definition) is 2. The first-order chi connectivity index (χ1) is 7.13. The van der Waals surface area contributed by atoms with E-state index in [1.54, 1.807) is 18.2 Å². The van der Waals surface area contributed by atoms with E-state index in [1.165, 1.54) is 0 Å². The van der Waals surface area contributed by atoms with Gasteiger partial charge in [-0.15, -0.1) is 0 Å². The Kier molecular flexibility index (Phi) is 4.43. The molecule has 0 fully saturated rings. The van der Waals surface area contributed by atoms with Crippen molar-refractivity contribution in [2.75, 3.05) is 6.61 Å². The Morgan fingerprint density at radius 2 is 2.27 bits per heavy atom. The third kappa shape index (κ3) is 3.80. The van der Waals surface area contributed by atoms with Gasteiger partial charge in [-0.25, -0.2) is 0 Å². The van der Waals surface area contributed by atoms with Crippen LogP contribution in [0.15, 0.2) is 18.2 Å². The van der Waals surface area contributed by atoms with Crippen molar-refractivity contribution in [3.63, 3.8) is 0 Å². The van der Waals surface area contributed by atoms with Crippen molar-refractivity contribution in [2.45, 2.75) is 19.8 Å². The van der Waals surface area contributed by atoms with Crippen LogP contribution >= 0.6 is 11.6 Å². The zero-order valence-electron chi connectivity index (χ0n) is 8.50. The molecule has 0 aliphatic heterocycles. The summed E-state index contributed by atoms with van der Waals surface area (Å²) in [6, 6.07) is 5.31. The Hall–Kier alpha value is -1.22. The van der Waals surface area contributed by atoms with Gasteiger partial charge in [0.1, 0.15) is 5.75 Å². The maximum atomic E-state index is 10.4. The van der Waals surface area contributed by atoms with Crippen molar-refractivity contribution < 1.29 is 14.6 Å². The second-order valence-electron chi connectivity index (χ2n) is 3.08. The van der Waals surface area contributed by atoms with Crippen LogP contribution in [-0.2, 0) is 11.2 Å². The number of carbonyl (C=O) groups is 1. The minimum absolute atomic E-state index is 0.0910. The lowest BCUT2D eigenvalue weighted by molar-refractivity contribution is -0.136. The van der Waals surface area contributed by atoms with Crippen molar-refractivity contribution >= 4 is 17.6 Å². The monoisotopic (exact) mass is 228 g/mol. The highest BCUT2D eigenvalue weighted by Gasteiger charge is 2.04. The summed E-state index contributed by atoms with van der Waals surface area (Å²) in [7, 11) is 0. The Morgan fingerprint density at radius 1 is 1.53 bits per heavy atom. The van der Waals surface area contributed by atoms with Crippen molar-refractivity contribution in [1.29, 1.82) is 0 Å². The molecule has 0 radical (unpaired) electrons. The Balaban J connectivity index is 2.70. The second-order valence-corrected chi connectivity index (χ2v) is 3.49. The minimum Gasteiger partial charge on any atom is -0.494 e. The van der Waals surface area contributed by atoms with Crippen molar-refractivity contribution in [2.24, 2.45) is 0 Å². The van der Waals surface area contributed by atoms with Crippen LogP contribution in [0.4, 0.5) is 0 Å². The Labute approximate surface area is 93.6 Å². The van der Waals surface area contributed by atoms with Gasteiger partial charge < -0.3 is 9.84 Å². The molecule has 1 aromatic rings. The van der Waals surface area contributed by atoms with Crippen LogP contribution < -0.4 is 4.74 Å². The standard InChI is InChI=1S/C11H13ClO3/c1-2-15-9-5-3-8(10(12)7-9)4-6-11(13)14/h3,5,7H,2,4,6H2,1H3,(H,13,14). The molecule has 4 heteroatoms. The first-order valence-corrected chi connectivity index (χ1v) is 5.14. The molecule has 0 spiro atoms. The number of carboxylic acids is 1. The van der Waals surface area contributed by atoms with Gasteiger partial charge in [-0.3, -0.25) is 4.79 Å². The summed E-state index contributed by atoms with van der Waals surface area (Å²) < 4.78 is 5.27. The van der Waals surface area contributed by atoms with Gasteiger partial charge in [0.2, 0.25) is 0 Å². The fraction of sp³-hybridized carbons (Fsp3) is 0.364. The van der Waals surface area contributed by atoms with Gasteiger partial charge in [-0.2, -0.15) is 0 Å². The molecule has 15 heavy (non-hydrogen) atoms. The number of rotatable bonds is 5. The van der Waals surface area contributed by atoms with E-state index in [0.717, 1.165) is 5.56 Å². The largest absolute Gasteiger partial charge is 0.494 e. The molecule has 0 atom stereocenters. The van der Waals surface area contributed by atoms with Gasteiger partial charge in [0.15, 0.2) is 0 Å². The summed E-state index contributed by atoms with van der Waals surface area (Å²) in [5.74, 6) is -0.110. The highest BCUT2D eigenvalue weighted by Crippen LogP contribution is 2.23. The third-order valence-corrected chi connectivity index (χ3v) is 2.30. The molecule has 0 aliphatic rings. The molecule has 0 heterocycles. The lowest BCUT2D eigenvalue weighted by atomic mass is 10.1. The number of aryl methyl sites for hydroxylation is 1. The van der Waals surface area contributed by atoms with Crippen LogP contribution in [0, 0.1) is 0 Å². The predicted octanol–water partition coefficient (Wildman–Crippen LogP) is 2.76. The van der Waals surface area contributed by atoms with Crippen molar-refractivity contribution in [3.05, 3.63) is 28.8 Å². The van der Waals surface area contributed by atoms with Crippen LogP contribution in [0.1, 0.15) is 18.9 Å². The topological polar surface area (TPSA) is 46.5 Å². The fourth-order valence-corrected chi connectivity index (χ4v) is 1.49. The highest BCUT2D eigenvalue weighted by atomic mass is 35.5. The normalized spacial score (nSPS) is 10.0. The average Bonchev–Trinajstić information content (AvgIpc) is 2.17. The number of ether oxygens (including phenoxy) is 1. The van der Waals surface area contributed by atoms with Crippen molar-refractivity contribution in [3.8, 4) is 5.75 Å². The van der Waals surface area contributed by atoms with E-state index in [9.17, 15) is 4.79 Å². The molecule has 0 saturated carbocycles. The smallest absolute Gasteiger partial charge is 0.303 e. The molecule has 0 saturated heterocycles. The summed E-state index contributed by atoms with van der Waals surface area (Å²) in [5, 5.41) is 9.09. The van der Waals surface area contributed by atoms with Gasteiger partial charge in [-0.1, -0.05) is 17.7 Å². The van der Waals surface area contributed by atoms with Gasteiger partial charge in [-0.05, 0) is 31.0 Å². The molecular weight excluding hydrogens is 216 g/mol. The van der Waals surface area contributed by atoms with E-state index in [0.29, 0.717) is 23.8 Å². The second kappa shape index (κ2) is 5.61. The predicted molar refractivity (Wildman–Crippen MR) is 58.6 cm³/mol. The molecule has 1 aromatic carbocycles. The summed E-state index contributed by atoms with van der Waals surface area (Å²) in [5.41, 5.74) is 0.836. The first-order valence-electron chi connectivity index (χ1n) is 4.76. The number of hydrogen-bond donors (Lipinski definition) is 1. The number of halogens is 1. The van der Waals surface area contributed by atoms with E-state index in [2.05, 4.69) is 0 Å². The molecule has 0 aromatic heterocycles. The van der Waals surface area contributed by atoms with Crippen LogP contribution in [0.25, 0.3) is 0 Å². The molecule has 3 nitrogen and oxygen atoms in total. The van der Waals surface area contributed by atoms with Gasteiger partial charge >= 0.3 is 5.97 Å². The number of aliphatic carboxylic acids is 1. The zero-order valence-corrected chi connectivity index (χ0v) is 9.25. The molecular formula is C11H13ClO3. The van der Waals surface area contributed by atoms with Crippen LogP contribution in [0.2, 0.25) is 5.02 Å². The number of benzene rings is 1. The van der Waals surface area contributed by atoms with E-state index in [4.69, 9.17) is 21.4 Å². The molecule has 82 valence electrons. The maximum Gasteiger partial charge on any atom is 0.303 e. The first kappa shape index (κ1) is 11.9. The van der Waals surface area contributed by atoms with Crippen LogP contribution in [0.3, 0.4) is 0 Å². The molecule has 0 amide bonds. The summed E-state index contributed by atoms with van der Waals surface area (Å²) in [4.78, 5) is 10.4. The summed E-state index contributed by atoms with van der Waals surface area (Å²) in [6.45, 7) is 2.48. The van der Waals surface area contributed by atoms with Crippen LogP contribution in [-0.4, -0.2) is 17.7 Å². The molecule has 1 N–H and O–H groups in total. The SMILES string of the molecule is CCOc1ccc(CCC(=O)O)c(Cl)c1. The van der Waals surface area contributed by atoms with E-state index < -0.39 is 5.97 Å². The van der Waals surface area contributed by atoms with Gasteiger partial charge in [0.05, 0.1) is 6.61 Å². The van der Waals surface area contributed by atoms with E-state index >= 15 is 0 Å². The molecule has 0 bridgehead atoms. The third-order valence-electron chi connectivity index (χ3n) is 1.94. The van der Waals surface area contributed by atoms with Crippen molar-refractivity contribution in [1.82, 2.24) is 0 Å². The number of carboxylic acid groups (broad SMARTS) is 1. The lowest BCUT2D eigenvalue weighted by Gasteiger charge is -2.06.